The molecule has 26 heavy (non-hydrogen) atoms. The highest BCUT2D eigenvalue weighted by Gasteiger charge is 2.23. The molecule has 2 heterocycles. The summed E-state index contributed by atoms with van der Waals surface area (Å²) in [6.45, 7) is 3.94. The zero-order chi connectivity index (χ0) is 17.9. The van der Waals surface area contributed by atoms with Crippen LogP contribution in [0.25, 0.3) is 11.0 Å². The van der Waals surface area contributed by atoms with E-state index in [1.54, 1.807) is 0 Å². The number of rotatable bonds is 4. The van der Waals surface area contributed by atoms with E-state index in [0.717, 1.165) is 49.1 Å². The number of carbonyl (C=O) groups is 1. The van der Waals surface area contributed by atoms with Crippen LogP contribution in [0.2, 0.25) is 0 Å². The number of hydrogen-bond acceptors (Lipinski definition) is 4. The molecule has 1 aromatic heterocycles. The van der Waals surface area contributed by atoms with Crippen LogP contribution in [0.15, 0.2) is 48.5 Å². The number of para-hydroxylation sites is 2. The van der Waals surface area contributed by atoms with Gasteiger partial charge in [0.15, 0.2) is 11.5 Å². The summed E-state index contributed by atoms with van der Waals surface area (Å²) in [7, 11) is 0. The van der Waals surface area contributed by atoms with Gasteiger partial charge in [-0.2, -0.15) is 0 Å². The second-order valence-electron chi connectivity index (χ2n) is 6.58. The Morgan fingerprint density at radius 2 is 1.65 bits per heavy atom. The highest BCUT2D eigenvalue weighted by Crippen LogP contribution is 2.25. The van der Waals surface area contributed by atoms with Gasteiger partial charge < -0.3 is 10.2 Å². The lowest BCUT2D eigenvalue weighted by Crippen LogP contribution is -2.25. The van der Waals surface area contributed by atoms with Gasteiger partial charge in [-0.1, -0.05) is 31.2 Å². The lowest BCUT2D eigenvalue weighted by Gasteiger charge is -2.19. The third-order valence-electron chi connectivity index (χ3n) is 4.79. The Morgan fingerprint density at radius 1 is 1.00 bits per heavy atom. The molecule has 1 amide bonds. The van der Waals surface area contributed by atoms with Crippen molar-refractivity contribution in [3.8, 4) is 0 Å². The van der Waals surface area contributed by atoms with Crippen molar-refractivity contribution >= 4 is 28.4 Å². The van der Waals surface area contributed by atoms with E-state index in [0.29, 0.717) is 11.5 Å². The minimum absolute atomic E-state index is 0.214. The first-order chi connectivity index (χ1) is 12.7. The molecule has 0 unspecified atom stereocenters. The molecule has 2 aromatic carbocycles. The lowest BCUT2D eigenvalue weighted by atomic mass is 10.1. The molecule has 0 bridgehead atoms. The van der Waals surface area contributed by atoms with Crippen molar-refractivity contribution in [2.24, 2.45) is 0 Å². The topological polar surface area (TPSA) is 58.1 Å². The molecular weight excluding hydrogens is 324 g/mol. The van der Waals surface area contributed by atoms with Crippen LogP contribution < -0.4 is 10.2 Å². The fourth-order valence-corrected chi connectivity index (χ4v) is 3.31. The molecular formula is C21H22N4O. The summed E-state index contributed by atoms with van der Waals surface area (Å²) >= 11 is 0. The summed E-state index contributed by atoms with van der Waals surface area (Å²) in [5.41, 5.74) is 3.96. The van der Waals surface area contributed by atoms with Crippen molar-refractivity contribution in [3.63, 3.8) is 0 Å². The van der Waals surface area contributed by atoms with Crippen LogP contribution in [0.1, 0.15) is 35.8 Å². The van der Waals surface area contributed by atoms with Gasteiger partial charge >= 0.3 is 0 Å². The summed E-state index contributed by atoms with van der Waals surface area (Å²) in [5.74, 6) is 0.471. The number of amides is 1. The van der Waals surface area contributed by atoms with Gasteiger partial charge in [-0.15, -0.1) is 0 Å². The average molecular weight is 346 g/mol. The zero-order valence-electron chi connectivity index (χ0n) is 14.9. The normalized spacial score (nSPS) is 14.0. The summed E-state index contributed by atoms with van der Waals surface area (Å²) in [6, 6.07) is 15.6. The third kappa shape index (κ3) is 3.25. The summed E-state index contributed by atoms with van der Waals surface area (Å²) in [6.07, 6.45) is 3.21. The van der Waals surface area contributed by atoms with E-state index in [2.05, 4.69) is 22.1 Å². The van der Waals surface area contributed by atoms with E-state index in [1.165, 1.54) is 5.56 Å². The summed E-state index contributed by atoms with van der Waals surface area (Å²) < 4.78 is 0. The van der Waals surface area contributed by atoms with E-state index < -0.39 is 0 Å². The monoisotopic (exact) mass is 346 g/mol. The molecule has 0 aliphatic carbocycles. The highest BCUT2D eigenvalue weighted by molar-refractivity contribution is 6.07. The van der Waals surface area contributed by atoms with Crippen LogP contribution in [-0.4, -0.2) is 29.0 Å². The predicted octanol–water partition coefficient (Wildman–Crippen LogP) is 4.04. The van der Waals surface area contributed by atoms with Gasteiger partial charge in [-0.25, -0.2) is 9.97 Å². The number of nitrogens with one attached hydrogen (secondary N) is 1. The Balaban J connectivity index is 1.70. The fraction of sp³-hybridized carbons (Fsp3) is 0.286. The second-order valence-corrected chi connectivity index (χ2v) is 6.58. The maximum atomic E-state index is 12.9. The molecule has 0 atom stereocenters. The zero-order valence-corrected chi connectivity index (χ0v) is 14.9. The Morgan fingerprint density at radius 3 is 2.31 bits per heavy atom. The Hall–Kier alpha value is -2.95. The van der Waals surface area contributed by atoms with Gasteiger partial charge in [-0.05, 0) is 49.1 Å². The van der Waals surface area contributed by atoms with Crippen molar-refractivity contribution in [1.82, 2.24) is 9.97 Å². The Bertz CT molecular complexity index is 930. The molecule has 132 valence electrons. The molecule has 5 nitrogen and oxygen atoms in total. The first-order valence-electron chi connectivity index (χ1n) is 9.16. The summed E-state index contributed by atoms with van der Waals surface area (Å²) in [4.78, 5) is 24.5. The van der Waals surface area contributed by atoms with Crippen LogP contribution >= 0.6 is 0 Å². The van der Waals surface area contributed by atoms with Gasteiger partial charge in [0.1, 0.15) is 0 Å². The summed E-state index contributed by atoms with van der Waals surface area (Å²) in [5, 5.41) is 2.97. The number of anilines is 2. The second kappa shape index (κ2) is 7.12. The van der Waals surface area contributed by atoms with E-state index in [9.17, 15) is 4.79 Å². The van der Waals surface area contributed by atoms with Crippen molar-refractivity contribution < 1.29 is 4.79 Å². The van der Waals surface area contributed by atoms with E-state index in [-0.39, 0.29) is 5.91 Å². The number of carbonyl (C=O) groups excluding carboxylic acids is 1. The maximum Gasteiger partial charge on any atom is 0.278 e. The number of nitrogens with zero attached hydrogens (tertiary/aromatic N) is 3. The van der Waals surface area contributed by atoms with Crippen LogP contribution in [0.3, 0.4) is 0 Å². The van der Waals surface area contributed by atoms with E-state index in [1.807, 2.05) is 48.5 Å². The number of hydrogen-bond donors (Lipinski definition) is 1. The van der Waals surface area contributed by atoms with Crippen molar-refractivity contribution in [2.75, 3.05) is 23.3 Å². The lowest BCUT2D eigenvalue weighted by molar-refractivity contribution is 0.102. The Labute approximate surface area is 153 Å². The molecule has 0 saturated carbocycles. The van der Waals surface area contributed by atoms with Gasteiger partial charge in [0, 0.05) is 18.8 Å². The molecule has 4 rings (SSSR count). The largest absolute Gasteiger partial charge is 0.355 e. The van der Waals surface area contributed by atoms with Gasteiger partial charge in [0.05, 0.1) is 11.0 Å². The van der Waals surface area contributed by atoms with Crippen LogP contribution in [0, 0.1) is 0 Å². The van der Waals surface area contributed by atoms with Gasteiger partial charge in [0.2, 0.25) is 0 Å². The molecule has 3 aromatic rings. The van der Waals surface area contributed by atoms with E-state index in [4.69, 9.17) is 4.98 Å². The average Bonchev–Trinajstić information content (AvgIpc) is 3.22. The van der Waals surface area contributed by atoms with Crippen molar-refractivity contribution in [3.05, 3.63) is 59.8 Å². The van der Waals surface area contributed by atoms with Crippen LogP contribution in [0.5, 0.6) is 0 Å². The predicted molar refractivity (Wildman–Crippen MR) is 105 cm³/mol. The van der Waals surface area contributed by atoms with Gasteiger partial charge in [-0.3, -0.25) is 4.79 Å². The third-order valence-corrected chi connectivity index (χ3v) is 4.79. The molecule has 1 N–H and O–H groups in total. The fourth-order valence-electron chi connectivity index (χ4n) is 3.31. The quantitative estimate of drug-likeness (QED) is 0.774. The molecule has 1 aliphatic rings. The maximum absolute atomic E-state index is 12.9. The number of benzene rings is 2. The molecule has 0 spiro atoms. The molecule has 1 aliphatic heterocycles. The first-order valence-corrected chi connectivity index (χ1v) is 9.16. The minimum Gasteiger partial charge on any atom is -0.355 e. The van der Waals surface area contributed by atoms with Crippen molar-refractivity contribution in [1.29, 1.82) is 0 Å². The number of fused-ring (bicyclic) bond motifs is 1. The highest BCUT2D eigenvalue weighted by atomic mass is 16.1. The molecule has 1 saturated heterocycles. The van der Waals surface area contributed by atoms with Crippen LogP contribution in [-0.2, 0) is 6.42 Å². The standard InChI is InChI=1S/C21H22N4O/c1-2-15-9-11-16(12-10-15)22-21(26)19-20(25-13-5-6-14-25)24-18-8-4-3-7-17(18)23-19/h3-4,7-12H,2,5-6,13-14H2,1H3,(H,22,26). The van der Waals surface area contributed by atoms with E-state index >= 15 is 0 Å². The SMILES string of the molecule is CCc1ccc(NC(=O)c2nc3ccccc3nc2N2CCCC2)cc1. The minimum atomic E-state index is -0.214. The van der Waals surface area contributed by atoms with Gasteiger partial charge in [0.25, 0.3) is 5.91 Å². The molecule has 1 fully saturated rings. The smallest absolute Gasteiger partial charge is 0.278 e. The van der Waals surface area contributed by atoms with Crippen molar-refractivity contribution in [2.45, 2.75) is 26.2 Å². The number of aromatic nitrogens is 2. The Kier molecular flexibility index (Phi) is 4.52. The molecule has 0 radical (unpaired) electrons. The van der Waals surface area contributed by atoms with Crippen LogP contribution in [0.4, 0.5) is 11.5 Å². The molecule has 5 heteroatoms. The first kappa shape index (κ1) is 16.5. The number of aryl methyl sites for hydroxylation is 1.